The second kappa shape index (κ2) is 9.45. The van der Waals surface area contributed by atoms with Crippen molar-refractivity contribution in [2.45, 2.75) is 52.7 Å². The van der Waals surface area contributed by atoms with Crippen molar-refractivity contribution in [1.82, 2.24) is 15.2 Å². The van der Waals surface area contributed by atoms with Crippen molar-refractivity contribution in [2.24, 2.45) is 5.92 Å². The molecule has 30 heavy (non-hydrogen) atoms. The largest absolute Gasteiger partial charge is 0.443 e. The normalized spacial score (nSPS) is 16.9. The molecule has 1 aromatic carbocycles. The van der Waals surface area contributed by atoms with Gasteiger partial charge in [0.25, 0.3) is 0 Å². The topological polar surface area (TPSA) is 71.5 Å². The number of halogens is 1. The third kappa shape index (κ3) is 5.80. The van der Waals surface area contributed by atoms with E-state index < -0.39 is 11.7 Å². The van der Waals surface area contributed by atoms with E-state index in [0.717, 1.165) is 40.5 Å². The van der Waals surface area contributed by atoms with Crippen molar-refractivity contribution in [3.63, 3.8) is 0 Å². The predicted octanol–water partition coefficient (Wildman–Crippen LogP) is 5.04. The van der Waals surface area contributed by atoms with Crippen molar-refractivity contribution in [3.8, 4) is 10.6 Å². The minimum Gasteiger partial charge on any atom is -0.443 e. The first kappa shape index (κ1) is 22.7. The lowest BCUT2D eigenvalue weighted by Gasteiger charge is -2.30. The second-order valence-electron chi connectivity index (χ2n) is 8.48. The molecule has 1 aromatic heterocycles. The van der Waals surface area contributed by atoms with Gasteiger partial charge in [0.1, 0.15) is 10.6 Å². The number of imide groups is 1. The van der Waals surface area contributed by atoms with Crippen LogP contribution in [0.2, 0.25) is 5.02 Å². The molecule has 2 amide bonds. The molecule has 0 spiro atoms. The minimum absolute atomic E-state index is 0.154. The lowest BCUT2D eigenvalue weighted by molar-refractivity contribution is -0.135. The highest BCUT2D eigenvalue weighted by molar-refractivity contribution is 7.15. The van der Waals surface area contributed by atoms with Crippen LogP contribution in [0.4, 0.5) is 4.79 Å². The van der Waals surface area contributed by atoms with Crippen LogP contribution in [0.25, 0.3) is 10.6 Å². The van der Waals surface area contributed by atoms with Gasteiger partial charge in [-0.2, -0.15) is 0 Å². The highest BCUT2D eigenvalue weighted by Crippen LogP contribution is 2.30. The van der Waals surface area contributed by atoms with E-state index in [2.05, 4.69) is 10.3 Å². The summed E-state index contributed by atoms with van der Waals surface area (Å²) in [6.45, 7) is 8.92. The smallest absolute Gasteiger partial charge is 0.417 e. The Morgan fingerprint density at radius 1 is 1.30 bits per heavy atom. The SMILES string of the molecule is Cc1nc(-c2ccc(Cl)cc2)sc1CN(C(=O)OC(C)(C)C)C(=O)C1CCCNC1. The fraction of sp³-hybridized carbons (Fsp3) is 0.500. The molecule has 1 saturated heterocycles. The van der Waals surface area contributed by atoms with Gasteiger partial charge in [0.2, 0.25) is 5.91 Å². The van der Waals surface area contributed by atoms with Gasteiger partial charge in [-0.3, -0.25) is 4.79 Å². The predicted molar refractivity (Wildman–Crippen MR) is 120 cm³/mol. The monoisotopic (exact) mass is 449 g/mol. The van der Waals surface area contributed by atoms with Gasteiger partial charge < -0.3 is 10.1 Å². The maximum Gasteiger partial charge on any atom is 0.417 e. The number of carbonyl (C=O) groups is 2. The first-order chi connectivity index (χ1) is 14.1. The molecule has 1 fully saturated rings. The van der Waals surface area contributed by atoms with Gasteiger partial charge in [0, 0.05) is 22.0 Å². The molecule has 1 atom stereocenters. The number of piperidine rings is 1. The van der Waals surface area contributed by atoms with Crippen molar-refractivity contribution in [2.75, 3.05) is 13.1 Å². The Balaban J connectivity index is 1.85. The fourth-order valence-corrected chi connectivity index (χ4v) is 4.45. The number of aryl methyl sites for hydroxylation is 1. The number of ether oxygens (including phenoxy) is 1. The first-order valence-corrected chi connectivity index (χ1v) is 11.3. The molecule has 0 bridgehead atoms. The van der Waals surface area contributed by atoms with Crippen LogP contribution in [0, 0.1) is 12.8 Å². The van der Waals surface area contributed by atoms with Crippen LogP contribution in [0.3, 0.4) is 0 Å². The quantitative estimate of drug-likeness (QED) is 0.708. The van der Waals surface area contributed by atoms with Crippen LogP contribution >= 0.6 is 22.9 Å². The van der Waals surface area contributed by atoms with E-state index in [-0.39, 0.29) is 18.4 Å². The zero-order chi connectivity index (χ0) is 21.9. The van der Waals surface area contributed by atoms with Crippen LogP contribution in [-0.4, -0.2) is 40.6 Å². The Bertz CT molecular complexity index is 899. The lowest BCUT2D eigenvalue weighted by atomic mass is 9.98. The molecule has 1 N–H and O–H groups in total. The summed E-state index contributed by atoms with van der Waals surface area (Å²) in [6, 6.07) is 7.46. The Morgan fingerprint density at radius 3 is 2.60 bits per heavy atom. The van der Waals surface area contributed by atoms with Crippen LogP contribution in [0.1, 0.15) is 44.2 Å². The summed E-state index contributed by atoms with van der Waals surface area (Å²) in [4.78, 5) is 32.9. The molecule has 1 aliphatic rings. The van der Waals surface area contributed by atoms with Crippen LogP contribution in [-0.2, 0) is 16.1 Å². The zero-order valence-electron chi connectivity index (χ0n) is 17.8. The number of carbonyl (C=O) groups excluding carboxylic acids is 2. The summed E-state index contributed by atoms with van der Waals surface area (Å²) in [5.41, 5.74) is 1.07. The molecule has 0 saturated carbocycles. The number of rotatable bonds is 4. The summed E-state index contributed by atoms with van der Waals surface area (Å²) in [5.74, 6) is -0.424. The molecule has 2 aromatic rings. The zero-order valence-corrected chi connectivity index (χ0v) is 19.4. The minimum atomic E-state index is -0.683. The maximum absolute atomic E-state index is 13.2. The number of hydrogen-bond acceptors (Lipinski definition) is 6. The maximum atomic E-state index is 13.2. The third-order valence-corrected chi connectivity index (χ3v) is 6.25. The number of hydrogen-bond donors (Lipinski definition) is 1. The number of nitrogens with one attached hydrogen (secondary N) is 1. The molecule has 162 valence electrons. The van der Waals surface area contributed by atoms with E-state index in [0.29, 0.717) is 11.6 Å². The highest BCUT2D eigenvalue weighted by atomic mass is 35.5. The van der Waals surface area contributed by atoms with E-state index >= 15 is 0 Å². The van der Waals surface area contributed by atoms with Crippen LogP contribution < -0.4 is 5.32 Å². The highest BCUT2D eigenvalue weighted by Gasteiger charge is 2.33. The summed E-state index contributed by atoms with van der Waals surface area (Å²) in [6.07, 6.45) is 1.07. The van der Waals surface area contributed by atoms with E-state index in [4.69, 9.17) is 16.3 Å². The molecule has 6 nitrogen and oxygen atoms in total. The summed E-state index contributed by atoms with van der Waals surface area (Å²) in [5, 5.41) is 4.73. The average Bonchev–Trinajstić information content (AvgIpc) is 3.06. The molecule has 3 rings (SSSR count). The van der Waals surface area contributed by atoms with E-state index in [1.54, 1.807) is 20.8 Å². The van der Waals surface area contributed by atoms with Gasteiger partial charge in [-0.25, -0.2) is 14.7 Å². The molecule has 8 heteroatoms. The molecule has 1 unspecified atom stereocenters. The van der Waals surface area contributed by atoms with E-state index in [1.165, 1.54) is 16.2 Å². The van der Waals surface area contributed by atoms with Crippen molar-refractivity contribution in [3.05, 3.63) is 39.9 Å². The third-order valence-electron chi connectivity index (χ3n) is 4.81. The molecule has 0 aliphatic carbocycles. The molecular weight excluding hydrogens is 422 g/mol. The van der Waals surface area contributed by atoms with Gasteiger partial charge in [-0.1, -0.05) is 23.7 Å². The fourth-order valence-electron chi connectivity index (χ4n) is 3.27. The standard InChI is InChI=1S/C22H28ClN3O3S/c1-14-18(30-19(25-14)15-7-9-17(23)10-8-15)13-26(21(28)29-22(2,3)4)20(27)16-6-5-11-24-12-16/h7-10,16,24H,5-6,11-13H2,1-4H3. The van der Waals surface area contributed by atoms with E-state index in [1.807, 2.05) is 31.2 Å². The Labute approximate surface area is 186 Å². The van der Waals surface area contributed by atoms with Gasteiger partial charge in [0.05, 0.1) is 18.2 Å². The Morgan fingerprint density at radius 2 is 2.00 bits per heavy atom. The summed E-state index contributed by atoms with van der Waals surface area (Å²) < 4.78 is 5.54. The van der Waals surface area contributed by atoms with Crippen LogP contribution in [0.15, 0.2) is 24.3 Å². The van der Waals surface area contributed by atoms with Crippen molar-refractivity contribution < 1.29 is 14.3 Å². The van der Waals surface area contributed by atoms with Crippen LogP contribution in [0.5, 0.6) is 0 Å². The van der Waals surface area contributed by atoms with E-state index in [9.17, 15) is 9.59 Å². The average molecular weight is 450 g/mol. The second-order valence-corrected chi connectivity index (χ2v) is 10.0. The Hall–Kier alpha value is -1.96. The molecule has 0 radical (unpaired) electrons. The number of thiazole rings is 1. The summed E-state index contributed by atoms with van der Waals surface area (Å²) >= 11 is 7.46. The van der Waals surface area contributed by atoms with Gasteiger partial charge in [-0.15, -0.1) is 11.3 Å². The Kier molecular flexibility index (Phi) is 7.16. The van der Waals surface area contributed by atoms with Crippen molar-refractivity contribution >= 4 is 34.9 Å². The van der Waals surface area contributed by atoms with Gasteiger partial charge in [0.15, 0.2) is 0 Å². The number of aromatic nitrogens is 1. The number of benzene rings is 1. The molecule has 2 heterocycles. The van der Waals surface area contributed by atoms with Crippen molar-refractivity contribution in [1.29, 1.82) is 0 Å². The van der Waals surface area contributed by atoms with Gasteiger partial charge in [-0.05, 0) is 59.2 Å². The molecular formula is C22H28ClN3O3S. The summed E-state index contributed by atoms with van der Waals surface area (Å²) in [7, 11) is 0. The number of nitrogens with zero attached hydrogens (tertiary/aromatic N) is 2. The lowest BCUT2D eigenvalue weighted by Crippen LogP contribution is -2.47. The first-order valence-electron chi connectivity index (χ1n) is 10.1. The van der Waals surface area contributed by atoms with Gasteiger partial charge >= 0.3 is 6.09 Å². The number of amides is 2. The molecule has 1 aliphatic heterocycles.